The van der Waals surface area contributed by atoms with E-state index in [1.165, 1.54) is 16.9 Å². The van der Waals surface area contributed by atoms with Crippen molar-refractivity contribution in [3.05, 3.63) is 55.2 Å². The number of carbonyl (C=O) groups excluding carboxylic acids is 1. The molecule has 1 aliphatic rings. The van der Waals surface area contributed by atoms with Gasteiger partial charge in [0, 0.05) is 28.5 Å². The Morgan fingerprint density at radius 2 is 2.13 bits per heavy atom. The van der Waals surface area contributed by atoms with Gasteiger partial charge in [-0.2, -0.15) is 0 Å². The molecule has 0 fully saturated rings. The van der Waals surface area contributed by atoms with Gasteiger partial charge in [0.1, 0.15) is 0 Å². The molecule has 1 aliphatic carbocycles. The van der Waals surface area contributed by atoms with Crippen LogP contribution in [-0.4, -0.2) is 17.9 Å². The number of rotatable bonds is 3. The van der Waals surface area contributed by atoms with Crippen molar-refractivity contribution < 1.29 is 4.79 Å². The Hall–Kier alpha value is -1.03. The van der Waals surface area contributed by atoms with Crippen molar-refractivity contribution in [3.8, 4) is 0 Å². The van der Waals surface area contributed by atoms with Crippen LogP contribution in [0.15, 0.2) is 24.3 Å². The molecule has 5 heteroatoms. The van der Waals surface area contributed by atoms with Gasteiger partial charge < -0.3 is 4.90 Å². The van der Waals surface area contributed by atoms with Crippen molar-refractivity contribution in [3.63, 3.8) is 0 Å². The SMILES string of the molecule is C[C@@H]1CCc2sc(C(=O)N(C)Cc3ccc(Cl)cc3Cl)cc2C1. The van der Waals surface area contributed by atoms with Crippen molar-refractivity contribution in [2.45, 2.75) is 32.7 Å². The number of benzene rings is 1. The number of thiophene rings is 1. The minimum atomic E-state index is 0.0584. The third-order valence-electron chi connectivity index (χ3n) is 4.31. The van der Waals surface area contributed by atoms with Gasteiger partial charge in [0.25, 0.3) is 5.91 Å². The van der Waals surface area contributed by atoms with E-state index in [0.717, 1.165) is 23.3 Å². The molecule has 1 heterocycles. The van der Waals surface area contributed by atoms with Crippen LogP contribution < -0.4 is 0 Å². The molecular weight excluding hydrogens is 349 g/mol. The molecule has 2 aromatic rings. The van der Waals surface area contributed by atoms with E-state index < -0.39 is 0 Å². The molecular formula is C18H19Cl2NOS. The number of nitrogens with zero attached hydrogens (tertiary/aromatic N) is 1. The Bertz CT molecular complexity index is 741. The van der Waals surface area contributed by atoms with Gasteiger partial charge >= 0.3 is 0 Å². The fourth-order valence-electron chi connectivity index (χ4n) is 2.98. The largest absolute Gasteiger partial charge is 0.337 e. The van der Waals surface area contributed by atoms with Crippen LogP contribution in [0.4, 0.5) is 0 Å². The van der Waals surface area contributed by atoms with Crippen molar-refractivity contribution in [1.29, 1.82) is 0 Å². The minimum absolute atomic E-state index is 0.0584. The molecule has 0 N–H and O–H groups in total. The average molecular weight is 368 g/mol. The number of halogens is 2. The van der Waals surface area contributed by atoms with Crippen LogP contribution in [0, 0.1) is 5.92 Å². The Kier molecular flexibility index (Phi) is 5.00. The first-order valence-electron chi connectivity index (χ1n) is 7.75. The maximum absolute atomic E-state index is 12.7. The van der Waals surface area contributed by atoms with E-state index in [9.17, 15) is 4.79 Å². The van der Waals surface area contributed by atoms with Gasteiger partial charge in [-0.15, -0.1) is 11.3 Å². The maximum Gasteiger partial charge on any atom is 0.263 e. The van der Waals surface area contributed by atoms with Crippen LogP contribution in [0.5, 0.6) is 0 Å². The first kappa shape index (κ1) is 16.8. The second-order valence-electron chi connectivity index (χ2n) is 6.30. The lowest BCUT2D eigenvalue weighted by Gasteiger charge is -2.17. The highest BCUT2D eigenvalue weighted by molar-refractivity contribution is 7.14. The molecule has 0 radical (unpaired) electrons. The molecule has 0 aliphatic heterocycles. The van der Waals surface area contributed by atoms with Gasteiger partial charge in [-0.3, -0.25) is 4.79 Å². The number of aryl methyl sites for hydroxylation is 1. The monoisotopic (exact) mass is 367 g/mol. The van der Waals surface area contributed by atoms with Crippen LogP contribution in [-0.2, 0) is 19.4 Å². The summed E-state index contributed by atoms with van der Waals surface area (Å²) in [4.78, 5) is 16.6. The van der Waals surface area contributed by atoms with E-state index in [1.807, 2.05) is 13.1 Å². The normalized spacial score (nSPS) is 17.0. The maximum atomic E-state index is 12.7. The minimum Gasteiger partial charge on any atom is -0.337 e. The summed E-state index contributed by atoms with van der Waals surface area (Å²) in [5.74, 6) is 0.772. The van der Waals surface area contributed by atoms with E-state index in [1.54, 1.807) is 28.4 Å². The fraction of sp³-hybridized carbons (Fsp3) is 0.389. The zero-order valence-corrected chi connectivity index (χ0v) is 15.6. The quantitative estimate of drug-likeness (QED) is 0.705. The summed E-state index contributed by atoms with van der Waals surface area (Å²) in [6, 6.07) is 7.46. The zero-order valence-electron chi connectivity index (χ0n) is 13.2. The second-order valence-corrected chi connectivity index (χ2v) is 8.28. The summed E-state index contributed by atoms with van der Waals surface area (Å²) < 4.78 is 0. The summed E-state index contributed by atoms with van der Waals surface area (Å²) in [7, 11) is 1.81. The van der Waals surface area contributed by atoms with Gasteiger partial charge in [-0.1, -0.05) is 36.2 Å². The molecule has 0 spiro atoms. The highest BCUT2D eigenvalue weighted by Gasteiger charge is 2.22. The smallest absolute Gasteiger partial charge is 0.263 e. The Morgan fingerprint density at radius 3 is 2.87 bits per heavy atom. The lowest BCUT2D eigenvalue weighted by molar-refractivity contribution is 0.0790. The average Bonchev–Trinajstić information content (AvgIpc) is 2.92. The standard InChI is InChI=1S/C18H19Cl2NOS/c1-11-3-6-16-13(7-11)8-17(23-16)18(22)21(2)10-12-4-5-14(19)9-15(12)20/h4-5,8-9,11H,3,6-7,10H2,1-2H3/t11-/m1/s1. The molecule has 0 unspecified atom stereocenters. The van der Waals surface area contributed by atoms with Gasteiger partial charge in [-0.05, 0) is 54.5 Å². The lowest BCUT2D eigenvalue weighted by atomic mass is 9.90. The summed E-state index contributed by atoms with van der Waals surface area (Å²) in [5, 5.41) is 1.20. The van der Waals surface area contributed by atoms with Crippen LogP contribution in [0.3, 0.4) is 0 Å². The summed E-state index contributed by atoms with van der Waals surface area (Å²) >= 11 is 13.8. The van der Waals surface area contributed by atoms with Crippen LogP contribution in [0.2, 0.25) is 10.0 Å². The van der Waals surface area contributed by atoms with Gasteiger partial charge in [0.05, 0.1) is 4.88 Å². The van der Waals surface area contributed by atoms with Gasteiger partial charge in [-0.25, -0.2) is 0 Å². The van der Waals surface area contributed by atoms with E-state index in [4.69, 9.17) is 23.2 Å². The van der Waals surface area contributed by atoms with Crippen molar-refractivity contribution in [2.75, 3.05) is 7.05 Å². The Balaban J connectivity index is 1.75. The molecule has 2 nitrogen and oxygen atoms in total. The highest BCUT2D eigenvalue weighted by Crippen LogP contribution is 2.33. The zero-order chi connectivity index (χ0) is 16.6. The molecule has 1 aromatic carbocycles. The third-order valence-corrected chi connectivity index (χ3v) is 6.12. The Labute approximate surface area is 151 Å². The van der Waals surface area contributed by atoms with E-state index in [-0.39, 0.29) is 5.91 Å². The topological polar surface area (TPSA) is 20.3 Å². The van der Waals surface area contributed by atoms with E-state index in [0.29, 0.717) is 22.5 Å². The number of fused-ring (bicyclic) bond motifs is 1. The van der Waals surface area contributed by atoms with Gasteiger partial charge in [0.15, 0.2) is 0 Å². The molecule has 0 saturated carbocycles. The summed E-state index contributed by atoms with van der Waals surface area (Å²) in [6.45, 7) is 2.75. The predicted octanol–water partition coefficient (Wildman–Crippen LogP) is 5.45. The van der Waals surface area contributed by atoms with E-state index in [2.05, 4.69) is 13.0 Å². The molecule has 1 atom stereocenters. The fourth-order valence-corrected chi connectivity index (χ4v) is 4.65. The number of amides is 1. The summed E-state index contributed by atoms with van der Waals surface area (Å²) in [5.41, 5.74) is 2.26. The second kappa shape index (κ2) is 6.84. The number of hydrogen-bond donors (Lipinski definition) is 0. The summed E-state index contributed by atoms with van der Waals surface area (Å²) in [6.07, 6.45) is 3.41. The first-order valence-corrected chi connectivity index (χ1v) is 9.32. The van der Waals surface area contributed by atoms with Crippen LogP contribution in [0.1, 0.15) is 39.0 Å². The molecule has 23 heavy (non-hydrogen) atoms. The van der Waals surface area contributed by atoms with Crippen molar-refractivity contribution >= 4 is 40.4 Å². The molecule has 3 rings (SSSR count). The molecule has 0 saturated heterocycles. The molecule has 122 valence electrons. The molecule has 0 bridgehead atoms. The first-order chi connectivity index (χ1) is 10.9. The van der Waals surface area contributed by atoms with Crippen LogP contribution >= 0.6 is 34.5 Å². The third kappa shape index (κ3) is 3.73. The van der Waals surface area contributed by atoms with Crippen molar-refractivity contribution in [1.82, 2.24) is 4.90 Å². The number of hydrogen-bond acceptors (Lipinski definition) is 2. The molecule has 1 aromatic heterocycles. The predicted molar refractivity (Wildman–Crippen MR) is 97.8 cm³/mol. The molecule has 1 amide bonds. The van der Waals surface area contributed by atoms with E-state index >= 15 is 0 Å². The Morgan fingerprint density at radius 1 is 1.35 bits per heavy atom. The highest BCUT2D eigenvalue weighted by atomic mass is 35.5. The van der Waals surface area contributed by atoms with Crippen molar-refractivity contribution in [2.24, 2.45) is 5.92 Å². The van der Waals surface area contributed by atoms with Gasteiger partial charge in [0.2, 0.25) is 0 Å². The lowest BCUT2D eigenvalue weighted by Crippen LogP contribution is -2.25. The number of carbonyl (C=O) groups is 1. The van der Waals surface area contributed by atoms with Crippen LogP contribution in [0.25, 0.3) is 0 Å².